The quantitative estimate of drug-likeness (QED) is 0.862. The molecule has 108 valence electrons. The lowest BCUT2D eigenvalue weighted by Gasteiger charge is -2.32. The molecule has 0 heterocycles. The zero-order chi connectivity index (χ0) is 14.5. The van der Waals surface area contributed by atoms with Gasteiger partial charge in [0.25, 0.3) is 0 Å². The van der Waals surface area contributed by atoms with E-state index in [1.165, 1.54) is 0 Å². The van der Waals surface area contributed by atoms with Crippen molar-refractivity contribution in [3.05, 3.63) is 35.9 Å². The largest absolute Gasteiger partial charge is 0.390 e. The Morgan fingerprint density at radius 2 is 1.79 bits per heavy atom. The van der Waals surface area contributed by atoms with Gasteiger partial charge >= 0.3 is 6.18 Å². The highest BCUT2D eigenvalue weighted by atomic mass is 19.4. The highest BCUT2D eigenvalue weighted by Gasteiger charge is 2.29. The monoisotopic (exact) mass is 274 g/mol. The molecule has 0 spiro atoms. The van der Waals surface area contributed by atoms with Crippen LogP contribution in [-0.2, 0) is 0 Å². The van der Waals surface area contributed by atoms with Crippen LogP contribution in [0.4, 0.5) is 13.2 Å². The molecule has 0 aliphatic rings. The summed E-state index contributed by atoms with van der Waals surface area (Å²) in [5.41, 5.74) is 7.12. The number of nitrogens with zero attached hydrogens (tertiary/aromatic N) is 1. The molecule has 1 aromatic carbocycles. The van der Waals surface area contributed by atoms with Gasteiger partial charge in [0, 0.05) is 18.6 Å². The maximum Gasteiger partial charge on any atom is 0.390 e. The zero-order valence-electron chi connectivity index (χ0n) is 11.3. The van der Waals surface area contributed by atoms with Crippen LogP contribution in [-0.4, -0.2) is 30.7 Å². The second kappa shape index (κ2) is 6.91. The van der Waals surface area contributed by atoms with Gasteiger partial charge in [-0.25, -0.2) is 0 Å². The fourth-order valence-electron chi connectivity index (χ4n) is 2.21. The van der Waals surface area contributed by atoms with Crippen molar-refractivity contribution in [3.8, 4) is 0 Å². The number of halogens is 3. The van der Waals surface area contributed by atoms with Crippen LogP contribution in [0, 0.1) is 0 Å². The first-order valence-electron chi connectivity index (χ1n) is 6.42. The molecule has 1 rings (SSSR count). The van der Waals surface area contributed by atoms with Crippen molar-refractivity contribution in [2.45, 2.75) is 38.0 Å². The van der Waals surface area contributed by atoms with Gasteiger partial charge in [0.15, 0.2) is 0 Å². The van der Waals surface area contributed by atoms with Gasteiger partial charge in [-0.2, -0.15) is 13.2 Å². The van der Waals surface area contributed by atoms with Crippen molar-refractivity contribution in [2.24, 2.45) is 5.73 Å². The number of nitrogens with two attached hydrogens (primary N) is 1. The van der Waals surface area contributed by atoms with E-state index >= 15 is 0 Å². The second-order valence-electron chi connectivity index (χ2n) is 4.76. The molecule has 2 N–H and O–H groups in total. The highest BCUT2D eigenvalue weighted by molar-refractivity contribution is 5.20. The predicted molar refractivity (Wildman–Crippen MR) is 70.8 cm³/mol. The van der Waals surface area contributed by atoms with E-state index in [4.69, 9.17) is 5.73 Å². The maximum atomic E-state index is 12.2. The minimum atomic E-state index is -4.12. The van der Waals surface area contributed by atoms with Gasteiger partial charge < -0.3 is 10.6 Å². The SMILES string of the molecule is CCC(C(N)c1ccccc1)N(C)CCC(F)(F)F. The number of benzene rings is 1. The van der Waals surface area contributed by atoms with Gasteiger partial charge in [-0.3, -0.25) is 0 Å². The molecule has 0 amide bonds. The molecule has 0 fully saturated rings. The Morgan fingerprint density at radius 3 is 2.26 bits per heavy atom. The molecule has 0 aliphatic carbocycles. The Balaban J connectivity index is 2.66. The third-order valence-corrected chi connectivity index (χ3v) is 3.33. The van der Waals surface area contributed by atoms with Crippen molar-refractivity contribution in [3.63, 3.8) is 0 Å². The lowest BCUT2D eigenvalue weighted by atomic mass is 9.97. The number of likely N-dealkylation sites (N-methyl/N-ethyl adjacent to an activating group) is 1. The molecular weight excluding hydrogens is 253 g/mol. The standard InChI is InChI=1S/C14H21F3N2/c1-3-12(19(2)10-9-14(15,16)17)13(18)11-7-5-4-6-8-11/h4-8,12-13H,3,9-10,18H2,1-2H3. The van der Waals surface area contributed by atoms with E-state index in [2.05, 4.69) is 0 Å². The Hall–Kier alpha value is -1.07. The Kier molecular flexibility index (Phi) is 5.82. The Labute approximate surface area is 112 Å². The molecule has 2 unspecified atom stereocenters. The van der Waals surface area contributed by atoms with Gasteiger partial charge in [-0.05, 0) is 19.0 Å². The van der Waals surface area contributed by atoms with E-state index in [1.54, 1.807) is 11.9 Å². The summed E-state index contributed by atoms with van der Waals surface area (Å²) in [7, 11) is 1.70. The average molecular weight is 274 g/mol. The highest BCUT2D eigenvalue weighted by Crippen LogP contribution is 2.24. The van der Waals surface area contributed by atoms with Gasteiger partial charge in [-0.1, -0.05) is 37.3 Å². The van der Waals surface area contributed by atoms with Crippen LogP contribution in [0.25, 0.3) is 0 Å². The molecule has 0 saturated heterocycles. The summed E-state index contributed by atoms with van der Waals surface area (Å²) in [6.45, 7) is 1.92. The number of alkyl halides is 3. The van der Waals surface area contributed by atoms with E-state index in [1.807, 2.05) is 37.3 Å². The summed E-state index contributed by atoms with van der Waals surface area (Å²) in [4.78, 5) is 1.70. The lowest BCUT2D eigenvalue weighted by molar-refractivity contribution is -0.138. The molecule has 0 bridgehead atoms. The summed E-state index contributed by atoms with van der Waals surface area (Å²) in [6.07, 6.45) is -4.21. The summed E-state index contributed by atoms with van der Waals surface area (Å²) < 4.78 is 36.7. The average Bonchev–Trinajstić information content (AvgIpc) is 2.37. The minimum Gasteiger partial charge on any atom is -0.323 e. The molecule has 2 nitrogen and oxygen atoms in total. The Bertz CT molecular complexity index is 365. The van der Waals surface area contributed by atoms with Crippen molar-refractivity contribution < 1.29 is 13.2 Å². The number of rotatable bonds is 6. The van der Waals surface area contributed by atoms with Crippen LogP contribution in [0.2, 0.25) is 0 Å². The summed E-state index contributed by atoms with van der Waals surface area (Å²) in [5.74, 6) is 0. The van der Waals surface area contributed by atoms with Gasteiger partial charge in [-0.15, -0.1) is 0 Å². The summed E-state index contributed by atoms with van der Waals surface area (Å²) in [5, 5.41) is 0. The Morgan fingerprint density at radius 1 is 1.21 bits per heavy atom. The number of hydrogen-bond acceptors (Lipinski definition) is 2. The molecule has 0 aliphatic heterocycles. The van der Waals surface area contributed by atoms with Crippen LogP contribution in [0.1, 0.15) is 31.4 Å². The molecule has 1 aromatic rings. The number of hydrogen-bond donors (Lipinski definition) is 1. The van der Waals surface area contributed by atoms with E-state index in [0.717, 1.165) is 5.56 Å². The van der Waals surface area contributed by atoms with Gasteiger partial charge in [0.1, 0.15) is 0 Å². The molecule has 0 radical (unpaired) electrons. The van der Waals surface area contributed by atoms with Gasteiger partial charge in [0.2, 0.25) is 0 Å². The van der Waals surface area contributed by atoms with Crippen LogP contribution >= 0.6 is 0 Å². The first kappa shape index (κ1) is 16.0. The second-order valence-corrected chi connectivity index (χ2v) is 4.76. The molecular formula is C14H21F3N2. The third kappa shape index (κ3) is 5.20. The predicted octanol–water partition coefficient (Wildman–Crippen LogP) is 3.35. The van der Waals surface area contributed by atoms with Crippen molar-refractivity contribution in [1.29, 1.82) is 0 Å². The minimum absolute atomic E-state index is 0.0253. The topological polar surface area (TPSA) is 29.3 Å². The first-order chi connectivity index (χ1) is 8.85. The van der Waals surface area contributed by atoms with E-state index < -0.39 is 12.6 Å². The molecule has 5 heteroatoms. The third-order valence-electron chi connectivity index (χ3n) is 3.33. The first-order valence-corrected chi connectivity index (χ1v) is 6.42. The smallest absolute Gasteiger partial charge is 0.323 e. The molecule has 0 saturated carbocycles. The van der Waals surface area contributed by atoms with Crippen molar-refractivity contribution in [1.82, 2.24) is 4.90 Å². The van der Waals surface area contributed by atoms with E-state index in [-0.39, 0.29) is 18.6 Å². The lowest BCUT2D eigenvalue weighted by Crippen LogP contribution is -2.41. The molecule has 19 heavy (non-hydrogen) atoms. The van der Waals surface area contributed by atoms with Crippen LogP contribution in [0.5, 0.6) is 0 Å². The molecule has 0 aromatic heterocycles. The van der Waals surface area contributed by atoms with Crippen LogP contribution < -0.4 is 5.73 Å². The van der Waals surface area contributed by atoms with Crippen LogP contribution in [0.3, 0.4) is 0 Å². The fourth-order valence-corrected chi connectivity index (χ4v) is 2.21. The van der Waals surface area contributed by atoms with Gasteiger partial charge in [0.05, 0.1) is 6.42 Å². The van der Waals surface area contributed by atoms with E-state index in [9.17, 15) is 13.2 Å². The van der Waals surface area contributed by atoms with Crippen molar-refractivity contribution >= 4 is 0 Å². The van der Waals surface area contributed by atoms with E-state index in [0.29, 0.717) is 6.42 Å². The van der Waals surface area contributed by atoms with Crippen molar-refractivity contribution in [2.75, 3.05) is 13.6 Å². The summed E-state index contributed by atoms with van der Waals surface area (Å²) in [6, 6.07) is 9.12. The maximum absolute atomic E-state index is 12.2. The van der Waals surface area contributed by atoms with Crippen LogP contribution in [0.15, 0.2) is 30.3 Å². The normalized spacial score (nSPS) is 15.5. The zero-order valence-corrected chi connectivity index (χ0v) is 11.3. The summed E-state index contributed by atoms with van der Waals surface area (Å²) >= 11 is 0. The molecule has 2 atom stereocenters. The fraction of sp³-hybridized carbons (Fsp3) is 0.571.